The average molecular weight is 748 g/mol. The smallest absolute Gasteiger partial charge is 0.472 e. The van der Waals surface area contributed by atoms with Gasteiger partial charge < -0.3 is 25.2 Å². The summed E-state index contributed by atoms with van der Waals surface area (Å²) in [6, 6.07) is -1.47. The van der Waals surface area contributed by atoms with E-state index in [1.165, 1.54) is 109 Å². The van der Waals surface area contributed by atoms with Gasteiger partial charge in [0.15, 0.2) is 0 Å². The summed E-state index contributed by atoms with van der Waals surface area (Å²) in [4.78, 5) is 33.4. The van der Waals surface area contributed by atoms with E-state index in [9.17, 15) is 19.0 Å². The Balaban J connectivity index is 4.18. The normalized spacial score (nSPS) is 14.1. The van der Waals surface area contributed by atoms with Gasteiger partial charge in [-0.15, -0.1) is 0 Å². The van der Waals surface area contributed by atoms with Crippen molar-refractivity contribution in [2.24, 2.45) is 5.73 Å². The highest BCUT2D eigenvalue weighted by atomic mass is 31.2. The van der Waals surface area contributed by atoms with Gasteiger partial charge in [-0.25, -0.2) is 4.57 Å². The molecule has 3 atom stereocenters. The van der Waals surface area contributed by atoms with Crippen molar-refractivity contribution in [1.29, 1.82) is 0 Å². The van der Waals surface area contributed by atoms with Crippen LogP contribution in [-0.2, 0) is 32.7 Å². The first kappa shape index (κ1) is 49.7. The fourth-order valence-corrected chi connectivity index (χ4v) is 6.54. The van der Waals surface area contributed by atoms with E-state index in [1.54, 1.807) is 0 Å². The van der Waals surface area contributed by atoms with Gasteiger partial charge in [-0.1, -0.05) is 167 Å². The summed E-state index contributed by atoms with van der Waals surface area (Å²) in [5, 5.41) is 8.87. The molecular formula is C40H78NO9P. The maximum absolute atomic E-state index is 12.6. The number of carbonyl (C=O) groups is 2. The number of rotatable bonds is 40. The summed E-state index contributed by atoms with van der Waals surface area (Å²) in [7, 11) is -4.61. The third-order valence-corrected chi connectivity index (χ3v) is 10.00. The van der Waals surface area contributed by atoms with E-state index in [0.717, 1.165) is 57.8 Å². The van der Waals surface area contributed by atoms with Gasteiger partial charge in [0.1, 0.15) is 12.1 Å². The van der Waals surface area contributed by atoms with Crippen molar-refractivity contribution in [2.75, 3.05) is 26.4 Å². The fraction of sp³-hybridized carbons (Fsp3) is 0.900. The van der Waals surface area contributed by atoms with Crippen molar-refractivity contribution >= 4 is 19.8 Å². The number of ether oxygens (including phenoxy) is 2. The van der Waals surface area contributed by atoms with Gasteiger partial charge in [0.05, 0.1) is 19.8 Å². The first-order valence-corrected chi connectivity index (χ1v) is 22.2. The van der Waals surface area contributed by atoms with E-state index in [0.29, 0.717) is 13.0 Å². The molecule has 1 unspecified atom stereocenters. The minimum atomic E-state index is -4.61. The minimum absolute atomic E-state index is 0.0190. The molecule has 0 amide bonds. The summed E-state index contributed by atoms with van der Waals surface area (Å²) < 4.78 is 33.3. The number of hydrogen-bond donors (Lipinski definition) is 3. The molecule has 0 aromatic carbocycles. The van der Waals surface area contributed by atoms with Gasteiger partial charge in [-0.05, 0) is 32.1 Å². The number of allylic oxidation sites excluding steroid dienone is 2. The van der Waals surface area contributed by atoms with Crippen LogP contribution in [0.15, 0.2) is 12.2 Å². The largest absolute Gasteiger partial charge is 0.480 e. The lowest BCUT2D eigenvalue weighted by molar-refractivity contribution is -0.154. The lowest BCUT2D eigenvalue weighted by Gasteiger charge is -2.20. The zero-order valence-electron chi connectivity index (χ0n) is 32.7. The molecule has 0 bridgehead atoms. The molecule has 0 fully saturated rings. The topological polar surface area (TPSA) is 155 Å². The zero-order valence-corrected chi connectivity index (χ0v) is 33.6. The predicted molar refractivity (Wildman–Crippen MR) is 208 cm³/mol. The number of hydrogen-bond acceptors (Lipinski definition) is 8. The van der Waals surface area contributed by atoms with Gasteiger partial charge in [-0.2, -0.15) is 0 Å². The molecule has 0 aromatic rings. The molecule has 0 aliphatic rings. The second-order valence-electron chi connectivity index (χ2n) is 14.1. The van der Waals surface area contributed by atoms with E-state index in [1.807, 2.05) is 0 Å². The molecule has 0 spiro atoms. The summed E-state index contributed by atoms with van der Waals surface area (Å²) in [6.45, 7) is 3.85. The Morgan fingerprint density at radius 1 is 0.608 bits per heavy atom. The molecule has 4 N–H and O–H groups in total. The Morgan fingerprint density at radius 3 is 1.55 bits per heavy atom. The highest BCUT2D eigenvalue weighted by Gasteiger charge is 2.27. The van der Waals surface area contributed by atoms with E-state index < -0.39 is 45.1 Å². The highest BCUT2D eigenvalue weighted by Crippen LogP contribution is 2.43. The van der Waals surface area contributed by atoms with E-state index in [2.05, 4.69) is 26.0 Å². The van der Waals surface area contributed by atoms with Gasteiger partial charge in [0, 0.05) is 13.0 Å². The maximum Gasteiger partial charge on any atom is 0.472 e. The van der Waals surface area contributed by atoms with Crippen molar-refractivity contribution in [3.63, 3.8) is 0 Å². The average Bonchev–Trinajstić information content (AvgIpc) is 3.10. The van der Waals surface area contributed by atoms with Crippen LogP contribution in [0.4, 0.5) is 0 Å². The summed E-state index contributed by atoms with van der Waals surface area (Å²) in [5.41, 5.74) is 5.34. The van der Waals surface area contributed by atoms with E-state index in [4.69, 9.17) is 29.4 Å². The van der Waals surface area contributed by atoms with Crippen molar-refractivity contribution < 1.29 is 42.7 Å². The molecule has 51 heavy (non-hydrogen) atoms. The molecule has 0 heterocycles. The number of nitrogens with two attached hydrogens (primary N) is 1. The molecular weight excluding hydrogens is 669 g/mol. The van der Waals surface area contributed by atoms with Crippen LogP contribution in [0.1, 0.15) is 194 Å². The Morgan fingerprint density at radius 2 is 1.04 bits per heavy atom. The van der Waals surface area contributed by atoms with E-state index in [-0.39, 0.29) is 13.0 Å². The third kappa shape index (κ3) is 36.8. The quantitative estimate of drug-likeness (QED) is 0.0239. The van der Waals surface area contributed by atoms with Gasteiger partial charge in [0.25, 0.3) is 0 Å². The van der Waals surface area contributed by atoms with Crippen LogP contribution in [0.25, 0.3) is 0 Å². The minimum Gasteiger partial charge on any atom is -0.480 e. The molecule has 302 valence electrons. The van der Waals surface area contributed by atoms with Crippen LogP contribution in [-0.4, -0.2) is 60.5 Å². The van der Waals surface area contributed by atoms with Gasteiger partial charge >= 0.3 is 19.8 Å². The van der Waals surface area contributed by atoms with Crippen LogP contribution in [0.5, 0.6) is 0 Å². The lowest BCUT2D eigenvalue weighted by atomic mass is 10.0. The molecule has 0 saturated heterocycles. The molecule has 0 aliphatic carbocycles. The Labute approximate surface area is 312 Å². The van der Waals surface area contributed by atoms with Crippen molar-refractivity contribution in [3.05, 3.63) is 12.2 Å². The van der Waals surface area contributed by atoms with Crippen LogP contribution in [0.3, 0.4) is 0 Å². The monoisotopic (exact) mass is 748 g/mol. The standard InChI is InChI=1S/C40H78NO9P/c1-3-5-7-9-11-13-15-16-17-18-19-20-21-23-25-27-29-31-33-47-34-37(35-48-51(45,46)49-36-38(41)40(43)44)50-39(42)32-30-28-26-24-22-14-12-10-8-6-4-2/h10,12,37-38H,3-9,11,13-36,41H2,1-2H3,(H,43,44)(H,45,46)/b12-10-/t37-,38+/m1/s1. The predicted octanol–water partition coefficient (Wildman–Crippen LogP) is 11.0. The lowest BCUT2D eigenvalue weighted by Crippen LogP contribution is -2.34. The molecule has 0 aliphatic heterocycles. The summed E-state index contributed by atoms with van der Waals surface area (Å²) in [6.07, 6.45) is 37.0. The number of carbonyl (C=O) groups excluding carboxylic acids is 1. The number of carboxylic acid groups (broad SMARTS) is 1. The van der Waals surface area contributed by atoms with Crippen LogP contribution >= 0.6 is 7.82 Å². The second kappa shape index (κ2) is 37.0. The Hall–Kier alpha value is -1.29. The molecule has 0 rings (SSSR count). The molecule has 11 heteroatoms. The molecule has 0 saturated carbocycles. The van der Waals surface area contributed by atoms with Gasteiger partial charge in [-0.3, -0.25) is 18.6 Å². The van der Waals surface area contributed by atoms with E-state index >= 15 is 0 Å². The van der Waals surface area contributed by atoms with Crippen LogP contribution < -0.4 is 5.73 Å². The fourth-order valence-electron chi connectivity index (χ4n) is 5.76. The molecule has 10 nitrogen and oxygen atoms in total. The van der Waals surface area contributed by atoms with Crippen LogP contribution in [0.2, 0.25) is 0 Å². The SMILES string of the molecule is CCCC/C=C\CCCCCCCC(=O)O[C@H](COCCCCCCCCCCCCCCCCCCCC)COP(=O)(O)OC[C@H](N)C(=O)O. The Kier molecular flexibility index (Phi) is 36.1. The molecule has 0 radical (unpaired) electrons. The second-order valence-corrected chi connectivity index (χ2v) is 15.6. The Bertz CT molecular complexity index is 873. The summed E-state index contributed by atoms with van der Waals surface area (Å²) in [5.74, 6) is -1.78. The van der Waals surface area contributed by atoms with Gasteiger partial charge in [0.2, 0.25) is 0 Å². The highest BCUT2D eigenvalue weighted by molar-refractivity contribution is 7.47. The number of carboxylic acids is 1. The number of phosphoric acid groups is 1. The first-order chi connectivity index (χ1) is 24.7. The van der Waals surface area contributed by atoms with Crippen molar-refractivity contribution in [1.82, 2.24) is 0 Å². The van der Waals surface area contributed by atoms with Crippen molar-refractivity contribution in [3.8, 4) is 0 Å². The van der Waals surface area contributed by atoms with Crippen molar-refractivity contribution in [2.45, 2.75) is 206 Å². The first-order valence-electron chi connectivity index (χ1n) is 20.7. The third-order valence-electron chi connectivity index (χ3n) is 9.04. The number of aliphatic carboxylic acids is 1. The number of phosphoric ester groups is 1. The number of unbranched alkanes of at least 4 members (excludes halogenated alkanes) is 24. The van der Waals surface area contributed by atoms with Crippen LogP contribution in [0, 0.1) is 0 Å². The summed E-state index contributed by atoms with van der Waals surface area (Å²) >= 11 is 0. The maximum atomic E-state index is 12.6. The molecule has 0 aromatic heterocycles. The number of esters is 1. The zero-order chi connectivity index (χ0) is 37.7.